The second kappa shape index (κ2) is 5.55. The van der Waals surface area contributed by atoms with Gasteiger partial charge in [-0.2, -0.15) is 0 Å². The molecule has 0 radical (unpaired) electrons. The summed E-state index contributed by atoms with van der Waals surface area (Å²) in [6.45, 7) is 3.97. The van der Waals surface area contributed by atoms with Crippen molar-refractivity contribution in [3.8, 4) is 0 Å². The van der Waals surface area contributed by atoms with Crippen LogP contribution in [0.25, 0.3) is 10.2 Å². The fourth-order valence-electron chi connectivity index (χ4n) is 1.43. The van der Waals surface area contributed by atoms with Crippen LogP contribution in [-0.4, -0.2) is 15.7 Å². The maximum absolute atomic E-state index is 11.9. The minimum Gasteiger partial charge on any atom is -0.301 e. The molecule has 0 saturated heterocycles. The Morgan fingerprint density at radius 1 is 1.50 bits per heavy atom. The van der Waals surface area contributed by atoms with Gasteiger partial charge in [0.25, 0.3) is 0 Å². The summed E-state index contributed by atoms with van der Waals surface area (Å²) in [5.41, 5.74) is 0.843. The molecule has 0 aliphatic carbocycles. The van der Waals surface area contributed by atoms with Gasteiger partial charge in [0.05, 0.1) is 15.0 Å². The summed E-state index contributed by atoms with van der Waals surface area (Å²) < 4.78 is 0.966. The van der Waals surface area contributed by atoms with E-state index in [0.717, 1.165) is 10.2 Å². The Hall–Kier alpha value is -0.650. The summed E-state index contributed by atoms with van der Waals surface area (Å²) in [5.74, 6) is 0.156. The number of carbonyl (C=O) groups excluding carboxylic acids is 1. The molecule has 1 amide bonds. The van der Waals surface area contributed by atoms with Crippen molar-refractivity contribution in [3.63, 3.8) is 0 Å². The predicted octanol–water partition coefficient (Wildman–Crippen LogP) is 4.31. The number of nitrogens with zero attached hydrogens (tertiary/aromatic N) is 1. The Balaban J connectivity index is 2.20. The van der Waals surface area contributed by atoms with Crippen molar-refractivity contribution in [2.75, 3.05) is 5.32 Å². The first kappa shape index (κ1) is 13.8. The third kappa shape index (κ3) is 3.02. The van der Waals surface area contributed by atoms with E-state index in [-0.39, 0.29) is 16.7 Å². The number of benzene rings is 1. The molecule has 96 valence electrons. The zero-order valence-corrected chi connectivity index (χ0v) is 13.1. The molecule has 1 aromatic carbocycles. The third-order valence-corrected chi connectivity index (χ3v) is 5.06. The normalized spacial score (nSPS) is 12.9. The standard InChI is InChI=1S/C12H12BrClN2OS/c1-6(2)10(13)11(17)16-12-15-8-4-3-7(14)5-9(8)18-12/h3-6,10H,1-2H3,(H,15,16,17). The highest BCUT2D eigenvalue weighted by atomic mass is 79.9. The molecule has 0 aliphatic heterocycles. The molecule has 2 aromatic rings. The maximum Gasteiger partial charge on any atom is 0.240 e. The Morgan fingerprint density at radius 2 is 2.22 bits per heavy atom. The first-order valence-corrected chi connectivity index (χ1v) is 7.59. The maximum atomic E-state index is 11.9. The molecule has 2 rings (SSSR count). The zero-order chi connectivity index (χ0) is 13.3. The number of amides is 1. The molecule has 1 atom stereocenters. The van der Waals surface area contributed by atoms with Gasteiger partial charge in [0, 0.05) is 5.02 Å². The zero-order valence-electron chi connectivity index (χ0n) is 9.91. The summed E-state index contributed by atoms with van der Waals surface area (Å²) >= 11 is 10.7. The number of alkyl halides is 1. The average molecular weight is 348 g/mol. The molecule has 1 unspecified atom stereocenters. The van der Waals surface area contributed by atoms with Gasteiger partial charge in [-0.3, -0.25) is 4.79 Å². The fourth-order valence-corrected chi connectivity index (χ4v) is 2.69. The Bertz CT molecular complexity index is 584. The number of hydrogen-bond donors (Lipinski definition) is 1. The van der Waals surface area contributed by atoms with E-state index in [4.69, 9.17) is 11.6 Å². The molecule has 6 heteroatoms. The van der Waals surface area contributed by atoms with E-state index >= 15 is 0 Å². The minimum absolute atomic E-state index is 0.0739. The molecular weight excluding hydrogens is 336 g/mol. The Kier molecular flexibility index (Phi) is 4.25. The molecular formula is C12H12BrClN2OS. The van der Waals surface area contributed by atoms with Gasteiger partial charge in [0.2, 0.25) is 5.91 Å². The van der Waals surface area contributed by atoms with Gasteiger partial charge in [-0.25, -0.2) is 4.98 Å². The molecule has 0 aliphatic rings. The molecule has 1 heterocycles. The summed E-state index contributed by atoms with van der Waals surface area (Å²) in [5, 5.41) is 4.08. The monoisotopic (exact) mass is 346 g/mol. The molecule has 0 bridgehead atoms. The third-order valence-electron chi connectivity index (χ3n) is 2.42. The SMILES string of the molecule is CC(C)C(Br)C(=O)Nc1nc2ccc(Cl)cc2s1. The van der Waals surface area contributed by atoms with Crippen molar-refractivity contribution in [2.45, 2.75) is 18.7 Å². The molecule has 3 nitrogen and oxygen atoms in total. The number of nitrogens with one attached hydrogen (secondary N) is 1. The van der Waals surface area contributed by atoms with Crippen molar-refractivity contribution in [1.82, 2.24) is 4.98 Å². The topological polar surface area (TPSA) is 42.0 Å². The molecule has 0 saturated carbocycles. The lowest BCUT2D eigenvalue weighted by molar-refractivity contribution is -0.116. The summed E-state index contributed by atoms with van der Waals surface area (Å²) in [4.78, 5) is 16.0. The van der Waals surface area contributed by atoms with Gasteiger partial charge < -0.3 is 5.32 Å². The van der Waals surface area contributed by atoms with Crippen LogP contribution in [0.3, 0.4) is 0 Å². The molecule has 0 fully saturated rings. The quantitative estimate of drug-likeness (QED) is 0.841. The summed E-state index contributed by atoms with van der Waals surface area (Å²) in [6.07, 6.45) is 0. The van der Waals surface area contributed by atoms with E-state index in [1.54, 1.807) is 6.07 Å². The van der Waals surface area contributed by atoms with Crippen LogP contribution >= 0.6 is 38.9 Å². The number of aromatic nitrogens is 1. The number of hydrogen-bond acceptors (Lipinski definition) is 3. The van der Waals surface area contributed by atoms with Crippen LogP contribution in [0.15, 0.2) is 18.2 Å². The van der Waals surface area contributed by atoms with Crippen LogP contribution in [-0.2, 0) is 4.79 Å². The lowest BCUT2D eigenvalue weighted by Crippen LogP contribution is -2.26. The lowest BCUT2D eigenvalue weighted by atomic mass is 10.1. The number of fused-ring (bicyclic) bond motifs is 1. The van der Waals surface area contributed by atoms with Crippen molar-refractivity contribution >= 4 is 60.1 Å². The number of thiazole rings is 1. The molecule has 1 N–H and O–H groups in total. The Morgan fingerprint density at radius 3 is 2.89 bits per heavy atom. The minimum atomic E-state index is -0.215. The van der Waals surface area contributed by atoms with Crippen LogP contribution in [0.4, 0.5) is 5.13 Å². The predicted molar refractivity (Wildman–Crippen MR) is 80.8 cm³/mol. The van der Waals surface area contributed by atoms with Crippen LogP contribution in [0.2, 0.25) is 5.02 Å². The van der Waals surface area contributed by atoms with E-state index in [9.17, 15) is 4.79 Å². The van der Waals surface area contributed by atoms with Crippen LogP contribution in [0.1, 0.15) is 13.8 Å². The van der Waals surface area contributed by atoms with Gasteiger partial charge in [0.1, 0.15) is 0 Å². The van der Waals surface area contributed by atoms with Gasteiger partial charge in [-0.1, -0.05) is 52.7 Å². The fraction of sp³-hybridized carbons (Fsp3) is 0.333. The number of rotatable bonds is 3. The number of carbonyl (C=O) groups is 1. The van der Waals surface area contributed by atoms with Crippen molar-refractivity contribution in [1.29, 1.82) is 0 Å². The number of anilines is 1. The first-order chi connectivity index (χ1) is 8.47. The lowest BCUT2D eigenvalue weighted by Gasteiger charge is -2.11. The van der Waals surface area contributed by atoms with E-state index in [0.29, 0.717) is 10.2 Å². The molecule has 1 aromatic heterocycles. The van der Waals surface area contributed by atoms with Crippen molar-refractivity contribution in [2.24, 2.45) is 5.92 Å². The first-order valence-electron chi connectivity index (χ1n) is 5.48. The van der Waals surface area contributed by atoms with Crippen LogP contribution < -0.4 is 5.32 Å². The highest BCUT2D eigenvalue weighted by Crippen LogP contribution is 2.28. The summed E-state index contributed by atoms with van der Waals surface area (Å²) in [6, 6.07) is 5.48. The van der Waals surface area contributed by atoms with Crippen LogP contribution in [0, 0.1) is 5.92 Å². The van der Waals surface area contributed by atoms with Crippen molar-refractivity contribution < 1.29 is 4.79 Å². The smallest absolute Gasteiger partial charge is 0.240 e. The second-order valence-corrected chi connectivity index (χ2v) is 6.72. The van der Waals surface area contributed by atoms with E-state index in [1.807, 2.05) is 26.0 Å². The average Bonchev–Trinajstić information content (AvgIpc) is 2.68. The highest BCUT2D eigenvalue weighted by Gasteiger charge is 2.19. The second-order valence-electron chi connectivity index (χ2n) is 4.27. The van der Waals surface area contributed by atoms with Gasteiger partial charge >= 0.3 is 0 Å². The van der Waals surface area contributed by atoms with Gasteiger partial charge in [-0.15, -0.1) is 0 Å². The van der Waals surface area contributed by atoms with Crippen LogP contribution in [0.5, 0.6) is 0 Å². The highest BCUT2D eigenvalue weighted by molar-refractivity contribution is 9.10. The van der Waals surface area contributed by atoms with Gasteiger partial charge in [0.15, 0.2) is 5.13 Å². The number of halogens is 2. The van der Waals surface area contributed by atoms with E-state index < -0.39 is 0 Å². The van der Waals surface area contributed by atoms with Gasteiger partial charge in [-0.05, 0) is 24.1 Å². The van der Waals surface area contributed by atoms with E-state index in [1.165, 1.54) is 11.3 Å². The summed E-state index contributed by atoms with van der Waals surface area (Å²) in [7, 11) is 0. The molecule has 18 heavy (non-hydrogen) atoms. The van der Waals surface area contributed by atoms with Crippen molar-refractivity contribution in [3.05, 3.63) is 23.2 Å². The van der Waals surface area contributed by atoms with E-state index in [2.05, 4.69) is 26.2 Å². The largest absolute Gasteiger partial charge is 0.301 e. The molecule has 0 spiro atoms. The Labute approximate surface area is 123 Å².